The SMILES string of the molecule is COCCC(C)(C)CNCc1cnccc1C. The quantitative estimate of drug-likeness (QED) is 0.790. The molecule has 0 unspecified atom stereocenters. The minimum absolute atomic E-state index is 0.270. The molecule has 1 N–H and O–H groups in total. The van der Waals surface area contributed by atoms with Crippen molar-refractivity contribution in [1.82, 2.24) is 10.3 Å². The molecule has 0 bridgehead atoms. The van der Waals surface area contributed by atoms with E-state index < -0.39 is 0 Å². The van der Waals surface area contributed by atoms with Gasteiger partial charge in [0.2, 0.25) is 0 Å². The van der Waals surface area contributed by atoms with Crippen LogP contribution in [0.4, 0.5) is 0 Å². The fraction of sp³-hybridized carbons (Fsp3) is 0.643. The number of ether oxygens (including phenoxy) is 1. The van der Waals surface area contributed by atoms with Crippen LogP contribution in [0.5, 0.6) is 0 Å². The van der Waals surface area contributed by atoms with E-state index in [9.17, 15) is 0 Å². The number of aryl methyl sites for hydroxylation is 1. The fourth-order valence-electron chi connectivity index (χ4n) is 1.68. The highest BCUT2D eigenvalue weighted by molar-refractivity contribution is 5.20. The molecule has 1 aromatic heterocycles. The molecule has 0 saturated carbocycles. The van der Waals surface area contributed by atoms with Gasteiger partial charge in [-0.3, -0.25) is 4.98 Å². The zero-order valence-corrected chi connectivity index (χ0v) is 11.4. The summed E-state index contributed by atoms with van der Waals surface area (Å²) in [6.07, 6.45) is 4.84. The maximum absolute atomic E-state index is 5.12. The minimum Gasteiger partial charge on any atom is -0.385 e. The number of aromatic nitrogens is 1. The van der Waals surface area contributed by atoms with Crippen LogP contribution < -0.4 is 5.32 Å². The van der Waals surface area contributed by atoms with Crippen molar-refractivity contribution < 1.29 is 4.74 Å². The Morgan fingerprint density at radius 3 is 2.82 bits per heavy atom. The van der Waals surface area contributed by atoms with E-state index in [0.29, 0.717) is 0 Å². The molecule has 0 spiro atoms. The minimum atomic E-state index is 0.270. The predicted octanol–water partition coefficient (Wildman–Crippen LogP) is 2.54. The molecule has 0 aliphatic carbocycles. The average molecular weight is 236 g/mol. The predicted molar refractivity (Wildman–Crippen MR) is 71.0 cm³/mol. The number of methoxy groups -OCH3 is 1. The van der Waals surface area contributed by atoms with Crippen LogP contribution in [-0.4, -0.2) is 25.2 Å². The van der Waals surface area contributed by atoms with Crippen molar-refractivity contribution in [3.05, 3.63) is 29.6 Å². The molecule has 1 aromatic rings. The lowest BCUT2D eigenvalue weighted by Gasteiger charge is -2.24. The van der Waals surface area contributed by atoms with Crippen LogP contribution in [0.15, 0.2) is 18.5 Å². The summed E-state index contributed by atoms with van der Waals surface area (Å²) >= 11 is 0. The third-order valence-electron chi connectivity index (χ3n) is 3.05. The second-order valence-electron chi connectivity index (χ2n) is 5.31. The Morgan fingerprint density at radius 2 is 2.18 bits per heavy atom. The summed E-state index contributed by atoms with van der Waals surface area (Å²) in [5.74, 6) is 0. The maximum atomic E-state index is 5.12. The molecule has 1 heterocycles. The summed E-state index contributed by atoms with van der Waals surface area (Å²) in [4.78, 5) is 4.15. The van der Waals surface area contributed by atoms with Gasteiger partial charge in [-0.15, -0.1) is 0 Å². The van der Waals surface area contributed by atoms with Crippen molar-refractivity contribution >= 4 is 0 Å². The number of pyridine rings is 1. The lowest BCUT2D eigenvalue weighted by molar-refractivity contribution is 0.150. The van der Waals surface area contributed by atoms with Crippen LogP contribution in [0.3, 0.4) is 0 Å². The largest absolute Gasteiger partial charge is 0.385 e. The Morgan fingerprint density at radius 1 is 1.41 bits per heavy atom. The summed E-state index contributed by atoms with van der Waals surface area (Å²) in [5, 5.41) is 3.50. The van der Waals surface area contributed by atoms with E-state index in [2.05, 4.69) is 31.1 Å². The highest BCUT2D eigenvalue weighted by Gasteiger charge is 2.16. The van der Waals surface area contributed by atoms with Gasteiger partial charge in [-0.25, -0.2) is 0 Å². The Labute approximate surface area is 105 Å². The van der Waals surface area contributed by atoms with Gasteiger partial charge < -0.3 is 10.1 Å². The third-order valence-corrected chi connectivity index (χ3v) is 3.05. The average Bonchev–Trinajstić information content (AvgIpc) is 2.29. The van der Waals surface area contributed by atoms with Crippen molar-refractivity contribution in [2.75, 3.05) is 20.3 Å². The van der Waals surface area contributed by atoms with Crippen LogP contribution >= 0.6 is 0 Å². The monoisotopic (exact) mass is 236 g/mol. The Balaban J connectivity index is 2.35. The lowest BCUT2D eigenvalue weighted by atomic mass is 9.89. The van der Waals surface area contributed by atoms with Crippen LogP contribution in [0.2, 0.25) is 0 Å². The molecule has 0 aromatic carbocycles. The van der Waals surface area contributed by atoms with E-state index in [1.54, 1.807) is 7.11 Å². The smallest absolute Gasteiger partial charge is 0.0467 e. The van der Waals surface area contributed by atoms with Gasteiger partial charge in [-0.1, -0.05) is 13.8 Å². The first kappa shape index (κ1) is 14.1. The molecule has 0 amide bonds. The normalized spacial score (nSPS) is 11.8. The molecule has 1 rings (SSSR count). The van der Waals surface area contributed by atoms with Crippen LogP contribution in [-0.2, 0) is 11.3 Å². The first-order chi connectivity index (χ1) is 8.05. The van der Waals surface area contributed by atoms with Crippen LogP contribution in [0.1, 0.15) is 31.4 Å². The highest BCUT2D eigenvalue weighted by Crippen LogP contribution is 2.19. The standard InChI is InChI=1S/C14H24N2O/c1-12-5-7-15-9-13(12)10-16-11-14(2,3)6-8-17-4/h5,7,9,16H,6,8,10-11H2,1-4H3. The van der Waals surface area contributed by atoms with Gasteiger partial charge >= 0.3 is 0 Å². The van der Waals surface area contributed by atoms with Gasteiger partial charge in [0.25, 0.3) is 0 Å². The van der Waals surface area contributed by atoms with Gasteiger partial charge in [0.05, 0.1) is 0 Å². The van der Waals surface area contributed by atoms with Crippen LogP contribution in [0, 0.1) is 12.3 Å². The van der Waals surface area contributed by atoms with Crippen molar-refractivity contribution in [2.45, 2.75) is 33.7 Å². The molecule has 3 heteroatoms. The molecular formula is C14H24N2O. The molecule has 96 valence electrons. The summed E-state index contributed by atoms with van der Waals surface area (Å²) in [5.41, 5.74) is 2.84. The molecule has 3 nitrogen and oxygen atoms in total. The molecule has 17 heavy (non-hydrogen) atoms. The zero-order valence-electron chi connectivity index (χ0n) is 11.4. The molecule has 0 atom stereocenters. The molecule has 0 radical (unpaired) electrons. The Kier molecular flexibility index (Phi) is 5.59. The van der Waals surface area contributed by atoms with Crippen molar-refractivity contribution in [3.8, 4) is 0 Å². The van der Waals surface area contributed by atoms with Gasteiger partial charge in [0.1, 0.15) is 0 Å². The molecule has 0 aliphatic heterocycles. The van der Waals surface area contributed by atoms with Crippen molar-refractivity contribution in [2.24, 2.45) is 5.41 Å². The number of nitrogens with zero attached hydrogens (tertiary/aromatic N) is 1. The number of rotatable bonds is 7. The molecule has 0 aliphatic rings. The first-order valence-electron chi connectivity index (χ1n) is 6.14. The second-order valence-corrected chi connectivity index (χ2v) is 5.31. The number of hydrogen-bond acceptors (Lipinski definition) is 3. The topological polar surface area (TPSA) is 34.1 Å². The maximum Gasteiger partial charge on any atom is 0.0467 e. The lowest BCUT2D eigenvalue weighted by Crippen LogP contribution is -2.30. The summed E-state index contributed by atoms with van der Waals surface area (Å²) in [6, 6.07) is 2.05. The van der Waals surface area contributed by atoms with Gasteiger partial charge in [-0.05, 0) is 36.0 Å². The van der Waals surface area contributed by atoms with Gasteiger partial charge in [-0.2, -0.15) is 0 Å². The zero-order chi connectivity index (χ0) is 12.7. The number of nitrogens with one attached hydrogen (secondary N) is 1. The Hall–Kier alpha value is -0.930. The molecular weight excluding hydrogens is 212 g/mol. The number of hydrogen-bond donors (Lipinski definition) is 1. The Bertz CT molecular complexity index is 337. The van der Waals surface area contributed by atoms with Crippen molar-refractivity contribution in [3.63, 3.8) is 0 Å². The molecule has 0 saturated heterocycles. The second kappa shape index (κ2) is 6.72. The van der Waals surface area contributed by atoms with Crippen LogP contribution in [0.25, 0.3) is 0 Å². The summed E-state index contributed by atoms with van der Waals surface area (Å²) < 4.78 is 5.12. The van der Waals surface area contributed by atoms with Crippen molar-refractivity contribution in [1.29, 1.82) is 0 Å². The highest BCUT2D eigenvalue weighted by atomic mass is 16.5. The fourth-order valence-corrected chi connectivity index (χ4v) is 1.68. The third kappa shape index (κ3) is 5.29. The van der Waals surface area contributed by atoms with E-state index in [0.717, 1.165) is 26.1 Å². The van der Waals surface area contributed by atoms with Gasteiger partial charge in [0, 0.05) is 39.2 Å². The van der Waals surface area contributed by atoms with E-state index in [1.807, 2.05) is 18.5 Å². The van der Waals surface area contributed by atoms with E-state index in [-0.39, 0.29) is 5.41 Å². The van der Waals surface area contributed by atoms with E-state index in [4.69, 9.17) is 4.74 Å². The van der Waals surface area contributed by atoms with Gasteiger partial charge in [0.15, 0.2) is 0 Å². The summed E-state index contributed by atoms with van der Waals surface area (Å²) in [6.45, 7) is 9.33. The summed E-state index contributed by atoms with van der Waals surface area (Å²) in [7, 11) is 1.75. The van der Waals surface area contributed by atoms with E-state index >= 15 is 0 Å². The van der Waals surface area contributed by atoms with E-state index in [1.165, 1.54) is 11.1 Å². The first-order valence-corrected chi connectivity index (χ1v) is 6.14. The molecule has 0 fully saturated rings.